The Morgan fingerprint density at radius 3 is 2.33 bits per heavy atom. The van der Waals surface area contributed by atoms with Crippen molar-refractivity contribution in [1.82, 2.24) is 0 Å². The summed E-state index contributed by atoms with van der Waals surface area (Å²) in [5.41, 5.74) is 6.79. The third kappa shape index (κ3) is 2.52. The van der Waals surface area contributed by atoms with E-state index in [-0.39, 0.29) is 17.1 Å². The zero-order valence-electron chi connectivity index (χ0n) is 9.42. The Balaban J connectivity index is 2.19. The van der Waals surface area contributed by atoms with Crippen molar-refractivity contribution in [3.8, 4) is 11.5 Å². The molecule has 0 spiro atoms. The van der Waals surface area contributed by atoms with E-state index in [1.165, 1.54) is 12.1 Å². The Kier molecular flexibility index (Phi) is 3.05. The molecule has 0 radical (unpaired) electrons. The van der Waals surface area contributed by atoms with Gasteiger partial charge < -0.3 is 21.3 Å². The highest BCUT2D eigenvalue weighted by Gasteiger charge is 2.11. The highest BCUT2D eigenvalue weighted by Crippen LogP contribution is 2.23. The van der Waals surface area contributed by atoms with Crippen LogP contribution in [0.15, 0.2) is 42.5 Å². The molecule has 0 fully saturated rings. The van der Waals surface area contributed by atoms with Crippen LogP contribution in [0.25, 0.3) is 0 Å². The van der Waals surface area contributed by atoms with E-state index >= 15 is 0 Å². The zero-order chi connectivity index (χ0) is 13.1. The first-order valence-corrected chi connectivity index (χ1v) is 5.25. The van der Waals surface area contributed by atoms with Crippen LogP contribution in [0.4, 0.5) is 11.4 Å². The van der Waals surface area contributed by atoms with Gasteiger partial charge in [0.05, 0.1) is 5.56 Å². The summed E-state index contributed by atoms with van der Waals surface area (Å²) in [6, 6.07) is 10.4. The number of phenolic OH excluding ortho intramolecular Hbond substituents is 2. The maximum absolute atomic E-state index is 11.8. The van der Waals surface area contributed by atoms with Crippen molar-refractivity contribution in [2.45, 2.75) is 0 Å². The van der Waals surface area contributed by atoms with Crippen LogP contribution in [-0.4, -0.2) is 16.1 Å². The summed E-state index contributed by atoms with van der Waals surface area (Å²) >= 11 is 0. The number of carbonyl (C=O) groups is 1. The Morgan fingerprint density at radius 2 is 1.72 bits per heavy atom. The van der Waals surface area contributed by atoms with Crippen LogP contribution in [0.2, 0.25) is 0 Å². The maximum atomic E-state index is 11.8. The standard InChI is InChI=1S/C13H12N2O3/c14-8-1-3-9(4-2-8)15-13(18)11-6-5-10(16)7-12(11)17/h1-7,16-17H,14H2,(H,15,18). The molecule has 0 unspecified atom stereocenters. The van der Waals surface area contributed by atoms with E-state index in [1.807, 2.05) is 0 Å². The number of hydrogen-bond acceptors (Lipinski definition) is 4. The topological polar surface area (TPSA) is 95.6 Å². The van der Waals surface area contributed by atoms with E-state index in [2.05, 4.69) is 5.32 Å². The van der Waals surface area contributed by atoms with Crippen LogP contribution < -0.4 is 11.1 Å². The molecule has 0 heterocycles. The highest BCUT2D eigenvalue weighted by atomic mass is 16.3. The molecule has 0 aromatic heterocycles. The number of nitrogens with two attached hydrogens (primary N) is 1. The van der Waals surface area contributed by atoms with Crippen LogP contribution in [0.3, 0.4) is 0 Å². The van der Waals surface area contributed by atoms with Crippen molar-refractivity contribution < 1.29 is 15.0 Å². The van der Waals surface area contributed by atoms with Gasteiger partial charge in [0.1, 0.15) is 11.5 Å². The minimum atomic E-state index is -0.461. The van der Waals surface area contributed by atoms with Gasteiger partial charge in [-0.05, 0) is 36.4 Å². The van der Waals surface area contributed by atoms with E-state index in [1.54, 1.807) is 24.3 Å². The SMILES string of the molecule is Nc1ccc(NC(=O)c2ccc(O)cc2O)cc1. The van der Waals surface area contributed by atoms with Gasteiger partial charge in [0.2, 0.25) is 0 Å². The van der Waals surface area contributed by atoms with Crippen molar-refractivity contribution in [3.63, 3.8) is 0 Å². The summed E-state index contributed by atoms with van der Waals surface area (Å²) in [6.45, 7) is 0. The molecule has 0 bridgehead atoms. The lowest BCUT2D eigenvalue weighted by atomic mass is 10.1. The molecule has 0 aliphatic heterocycles. The predicted octanol–water partition coefficient (Wildman–Crippen LogP) is 1.93. The fraction of sp³-hybridized carbons (Fsp3) is 0. The number of carbonyl (C=O) groups excluding carboxylic acids is 1. The van der Waals surface area contributed by atoms with Crippen LogP contribution in [0, 0.1) is 0 Å². The third-order valence-corrected chi connectivity index (χ3v) is 2.39. The first kappa shape index (κ1) is 11.8. The first-order valence-electron chi connectivity index (χ1n) is 5.25. The van der Waals surface area contributed by atoms with Gasteiger partial charge in [0, 0.05) is 17.4 Å². The molecule has 5 nitrogen and oxygen atoms in total. The Hall–Kier alpha value is -2.69. The molecule has 0 atom stereocenters. The number of anilines is 2. The first-order chi connectivity index (χ1) is 8.56. The second-order valence-electron chi connectivity index (χ2n) is 3.78. The molecular weight excluding hydrogens is 232 g/mol. The monoisotopic (exact) mass is 244 g/mol. The molecule has 92 valence electrons. The number of rotatable bonds is 2. The summed E-state index contributed by atoms with van der Waals surface area (Å²) in [5, 5.41) is 21.3. The second-order valence-corrected chi connectivity index (χ2v) is 3.78. The number of phenols is 2. The average molecular weight is 244 g/mol. The van der Waals surface area contributed by atoms with Crippen LogP contribution in [0.5, 0.6) is 11.5 Å². The molecule has 2 rings (SSSR count). The molecular formula is C13H12N2O3. The molecule has 18 heavy (non-hydrogen) atoms. The molecule has 2 aromatic rings. The van der Waals surface area contributed by atoms with Crippen molar-refractivity contribution in [2.24, 2.45) is 0 Å². The van der Waals surface area contributed by atoms with Gasteiger partial charge in [-0.25, -0.2) is 0 Å². The van der Waals surface area contributed by atoms with E-state index in [0.29, 0.717) is 11.4 Å². The minimum Gasteiger partial charge on any atom is -0.508 e. The quantitative estimate of drug-likeness (QED) is 0.607. The third-order valence-electron chi connectivity index (χ3n) is 2.39. The highest BCUT2D eigenvalue weighted by molar-refractivity contribution is 6.06. The number of nitrogens with one attached hydrogen (secondary N) is 1. The molecule has 0 aliphatic carbocycles. The number of nitrogen functional groups attached to an aromatic ring is 1. The van der Waals surface area contributed by atoms with E-state index in [9.17, 15) is 9.90 Å². The van der Waals surface area contributed by atoms with Crippen LogP contribution >= 0.6 is 0 Å². The summed E-state index contributed by atoms with van der Waals surface area (Å²) in [5.74, 6) is -0.836. The van der Waals surface area contributed by atoms with Crippen molar-refractivity contribution in [2.75, 3.05) is 11.1 Å². The van der Waals surface area contributed by atoms with Crippen LogP contribution in [-0.2, 0) is 0 Å². The number of aromatic hydroxyl groups is 2. The normalized spacial score (nSPS) is 10.0. The molecule has 0 saturated heterocycles. The van der Waals surface area contributed by atoms with Crippen molar-refractivity contribution in [3.05, 3.63) is 48.0 Å². The number of amides is 1. The molecule has 2 aromatic carbocycles. The number of hydrogen-bond donors (Lipinski definition) is 4. The smallest absolute Gasteiger partial charge is 0.259 e. The van der Waals surface area contributed by atoms with Crippen molar-refractivity contribution in [1.29, 1.82) is 0 Å². The Morgan fingerprint density at radius 1 is 1.06 bits per heavy atom. The fourth-order valence-electron chi connectivity index (χ4n) is 1.48. The van der Waals surface area contributed by atoms with Crippen LogP contribution in [0.1, 0.15) is 10.4 Å². The molecule has 1 amide bonds. The minimum absolute atomic E-state index is 0.0876. The average Bonchev–Trinajstić information content (AvgIpc) is 2.32. The molecule has 0 aliphatic rings. The fourth-order valence-corrected chi connectivity index (χ4v) is 1.48. The lowest BCUT2D eigenvalue weighted by molar-refractivity contribution is 0.102. The maximum Gasteiger partial charge on any atom is 0.259 e. The van der Waals surface area contributed by atoms with E-state index in [4.69, 9.17) is 10.8 Å². The van der Waals surface area contributed by atoms with Gasteiger partial charge in [0.15, 0.2) is 0 Å². The largest absolute Gasteiger partial charge is 0.508 e. The summed E-state index contributed by atoms with van der Waals surface area (Å²) in [4.78, 5) is 11.8. The van der Waals surface area contributed by atoms with Gasteiger partial charge >= 0.3 is 0 Å². The van der Waals surface area contributed by atoms with Crippen molar-refractivity contribution >= 4 is 17.3 Å². The Labute approximate surface area is 103 Å². The Bertz CT molecular complexity index is 579. The van der Waals surface area contributed by atoms with E-state index in [0.717, 1.165) is 6.07 Å². The predicted molar refractivity (Wildman–Crippen MR) is 68.6 cm³/mol. The molecule has 5 heteroatoms. The second kappa shape index (κ2) is 4.67. The molecule has 5 N–H and O–H groups in total. The summed E-state index contributed by atoms with van der Waals surface area (Å²) in [6.07, 6.45) is 0. The van der Waals surface area contributed by atoms with Gasteiger partial charge in [0.25, 0.3) is 5.91 Å². The zero-order valence-corrected chi connectivity index (χ0v) is 9.42. The van der Waals surface area contributed by atoms with Gasteiger partial charge in [-0.2, -0.15) is 0 Å². The van der Waals surface area contributed by atoms with Gasteiger partial charge in [-0.3, -0.25) is 4.79 Å². The number of benzene rings is 2. The van der Waals surface area contributed by atoms with Gasteiger partial charge in [-0.1, -0.05) is 0 Å². The van der Waals surface area contributed by atoms with Gasteiger partial charge in [-0.15, -0.1) is 0 Å². The summed E-state index contributed by atoms with van der Waals surface area (Å²) in [7, 11) is 0. The lowest BCUT2D eigenvalue weighted by Gasteiger charge is -2.07. The molecule has 0 saturated carbocycles. The lowest BCUT2D eigenvalue weighted by Crippen LogP contribution is -2.11. The van der Waals surface area contributed by atoms with E-state index < -0.39 is 5.91 Å². The summed E-state index contributed by atoms with van der Waals surface area (Å²) < 4.78 is 0.